The number of aromatic amines is 1. The highest BCUT2D eigenvalue weighted by molar-refractivity contribution is 7.71. The van der Waals surface area contributed by atoms with E-state index in [1.807, 2.05) is 12.3 Å². The third kappa shape index (κ3) is 2.02. The molecule has 0 bridgehead atoms. The van der Waals surface area contributed by atoms with E-state index in [1.165, 1.54) is 38.5 Å². The predicted octanol–water partition coefficient (Wildman–Crippen LogP) is 4.24. The average Bonchev–Trinajstić information content (AvgIpc) is 3.02. The van der Waals surface area contributed by atoms with Gasteiger partial charge in [0, 0.05) is 12.2 Å². The quantitative estimate of drug-likeness (QED) is 0.789. The molecular formula is C15H19N3S. The fraction of sp³-hybridized carbons (Fsp3) is 0.600. The Morgan fingerprint density at radius 2 is 2.11 bits per heavy atom. The van der Waals surface area contributed by atoms with Crippen LogP contribution in [0.1, 0.15) is 44.6 Å². The lowest BCUT2D eigenvalue weighted by Gasteiger charge is -2.21. The van der Waals surface area contributed by atoms with Gasteiger partial charge in [0.25, 0.3) is 0 Å². The summed E-state index contributed by atoms with van der Waals surface area (Å²) >= 11 is 5.52. The van der Waals surface area contributed by atoms with Gasteiger partial charge in [0.15, 0.2) is 10.4 Å². The smallest absolute Gasteiger partial charge is 0.179 e. The molecule has 2 aromatic rings. The van der Waals surface area contributed by atoms with Crippen LogP contribution in [0.3, 0.4) is 0 Å². The molecule has 1 N–H and O–H groups in total. The third-order valence-electron chi connectivity index (χ3n) is 4.89. The number of pyridine rings is 1. The average molecular weight is 273 g/mol. The number of nitrogens with one attached hydrogen (secondary N) is 1. The van der Waals surface area contributed by atoms with Crippen LogP contribution in [0, 0.1) is 16.6 Å². The Bertz CT molecular complexity index is 657. The van der Waals surface area contributed by atoms with E-state index in [0.717, 1.165) is 27.8 Å². The number of rotatable bonds is 1. The minimum atomic E-state index is 0.540. The van der Waals surface area contributed by atoms with E-state index in [1.54, 1.807) is 0 Å². The first kappa shape index (κ1) is 11.6. The number of imidazole rings is 1. The van der Waals surface area contributed by atoms with Crippen LogP contribution in [0.4, 0.5) is 0 Å². The highest BCUT2D eigenvalue weighted by Crippen LogP contribution is 2.48. The Morgan fingerprint density at radius 3 is 3.05 bits per heavy atom. The van der Waals surface area contributed by atoms with Gasteiger partial charge >= 0.3 is 0 Å². The lowest BCUT2D eigenvalue weighted by Crippen LogP contribution is -2.12. The summed E-state index contributed by atoms with van der Waals surface area (Å²) in [6, 6.07) is 4.57. The van der Waals surface area contributed by atoms with Crippen LogP contribution in [-0.4, -0.2) is 14.5 Å². The zero-order valence-corrected chi connectivity index (χ0v) is 11.8. The Kier molecular flexibility index (Phi) is 2.72. The van der Waals surface area contributed by atoms with Crippen LogP contribution in [0.5, 0.6) is 0 Å². The van der Waals surface area contributed by atoms with Crippen molar-refractivity contribution in [2.75, 3.05) is 0 Å². The summed E-state index contributed by atoms with van der Waals surface area (Å²) in [5.74, 6) is 2.06. The molecule has 100 valence electrons. The topological polar surface area (TPSA) is 33.6 Å². The molecule has 2 aliphatic rings. The van der Waals surface area contributed by atoms with Crippen molar-refractivity contribution >= 4 is 23.4 Å². The molecule has 0 spiro atoms. The van der Waals surface area contributed by atoms with Crippen molar-refractivity contribution in [3.8, 4) is 0 Å². The summed E-state index contributed by atoms with van der Waals surface area (Å²) < 4.78 is 3.11. The Morgan fingerprint density at radius 1 is 1.21 bits per heavy atom. The normalized spacial score (nSPS) is 30.6. The molecule has 0 saturated heterocycles. The van der Waals surface area contributed by atoms with E-state index in [-0.39, 0.29) is 0 Å². The zero-order chi connectivity index (χ0) is 12.8. The Balaban J connectivity index is 1.72. The molecule has 0 aliphatic heterocycles. The lowest BCUT2D eigenvalue weighted by atomic mass is 9.96. The molecule has 2 heterocycles. The molecule has 0 aromatic carbocycles. The molecule has 0 radical (unpaired) electrons. The molecule has 2 aromatic heterocycles. The molecule has 3 unspecified atom stereocenters. The summed E-state index contributed by atoms with van der Waals surface area (Å²) in [6.45, 7) is 0. The van der Waals surface area contributed by atoms with Crippen molar-refractivity contribution in [3.63, 3.8) is 0 Å². The van der Waals surface area contributed by atoms with Gasteiger partial charge in [0.05, 0.1) is 5.52 Å². The number of fused-ring (bicyclic) bond motifs is 2. The van der Waals surface area contributed by atoms with Gasteiger partial charge in [-0.2, -0.15) is 0 Å². The molecule has 4 heteroatoms. The summed E-state index contributed by atoms with van der Waals surface area (Å²) in [6.07, 6.45) is 9.99. The Hall–Kier alpha value is -1.16. The van der Waals surface area contributed by atoms with E-state index in [0.29, 0.717) is 6.04 Å². The van der Waals surface area contributed by atoms with E-state index in [2.05, 4.69) is 20.6 Å². The van der Waals surface area contributed by atoms with Crippen LogP contribution in [-0.2, 0) is 0 Å². The summed E-state index contributed by atoms with van der Waals surface area (Å²) in [5, 5.41) is 0. The maximum Gasteiger partial charge on any atom is 0.179 e. The number of hydrogen-bond donors (Lipinski definition) is 1. The van der Waals surface area contributed by atoms with Crippen molar-refractivity contribution in [2.45, 2.75) is 44.6 Å². The second kappa shape index (κ2) is 4.44. The number of hydrogen-bond acceptors (Lipinski definition) is 2. The molecule has 3 atom stereocenters. The van der Waals surface area contributed by atoms with Crippen LogP contribution >= 0.6 is 12.2 Å². The monoisotopic (exact) mass is 273 g/mol. The molecule has 2 aliphatic carbocycles. The Labute approximate surface area is 118 Å². The summed E-state index contributed by atoms with van der Waals surface area (Å²) in [4.78, 5) is 7.82. The second-order valence-corrected chi connectivity index (χ2v) is 6.48. The molecular weight excluding hydrogens is 254 g/mol. The molecule has 19 heavy (non-hydrogen) atoms. The fourth-order valence-corrected chi connectivity index (χ4v) is 4.08. The first-order chi connectivity index (χ1) is 9.33. The van der Waals surface area contributed by atoms with E-state index in [4.69, 9.17) is 12.2 Å². The molecule has 2 fully saturated rings. The first-order valence-corrected chi connectivity index (χ1v) is 7.79. The lowest BCUT2D eigenvalue weighted by molar-refractivity contribution is 0.366. The summed E-state index contributed by atoms with van der Waals surface area (Å²) in [5.41, 5.74) is 2.10. The van der Waals surface area contributed by atoms with Gasteiger partial charge in [0.1, 0.15) is 0 Å². The van der Waals surface area contributed by atoms with Gasteiger partial charge in [-0.25, -0.2) is 4.98 Å². The number of aromatic nitrogens is 3. The van der Waals surface area contributed by atoms with E-state index in [9.17, 15) is 0 Å². The number of nitrogens with zero attached hydrogens (tertiary/aromatic N) is 2. The standard InChI is InChI=1S/C15H19N3S/c19-15-17-13-5-2-8-16-14(13)18(15)12-4-1-3-10-9-11(10)6-7-12/h2,5,8,10-12H,1,3-4,6-7,9H2,(H,17,19). The maximum atomic E-state index is 5.52. The van der Waals surface area contributed by atoms with Crippen molar-refractivity contribution in [2.24, 2.45) is 11.8 Å². The van der Waals surface area contributed by atoms with Crippen molar-refractivity contribution < 1.29 is 0 Å². The van der Waals surface area contributed by atoms with Crippen LogP contribution in [0.2, 0.25) is 0 Å². The van der Waals surface area contributed by atoms with Crippen LogP contribution in [0.15, 0.2) is 18.3 Å². The number of H-pyrrole nitrogens is 1. The minimum absolute atomic E-state index is 0.540. The molecule has 3 nitrogen and oxygen atoms in total. The predicted molar refractivity (Wildman–Crippen MR) is 78.6 cm³/mol. The van der Waals surface area contributed by atoms with Gasteiger partial charge in [-0.1, -0.05) is 12.8 Å². The van der Waals surface area contributed by atoms with Gasteiger partial charge in [-0.3, -0.25) is 4.57 Å². The van der Waals surface area contributed by atoms with Gasteiger partial charge in [0.2, 0.25) is 0 Å². The summed E-state index contributed by atoms with van der Waals surface area (Å²) in [7, 11) is 0. The maximum absolute atomic E-state index is 5.52. The highest BCUT2D eigenvalue weighted by Gasteiger charge is 2.38. The highest BCUT2D eigenvalue weighted by atomic mass is 32.1. The van der Waals surface area contributed by atoms with Crippen molar-refractivity contribution in [3.05, 3.63) is 23.1 Å². The largest absolute Gasteiger partial charge is 0.329 e. The second-order valence-electron chi connectivity index (χ2n) is 6.09. The fourth-order valence-electron chi connectivity index (χ4n) is 3.74. The third-order valence-corrected chi connectivity index (χ3v) is 5.19. The van der Waals surface area contributed by atoms with Gasteiger partial charge < -0.3 is 4.98 Å². The molecule has 2 saturated carbocycles. The van der Waals surface area contributed by atoms with E-state index >= 15 is 0 Å². The SMILES string of the molecule is S=c1[nH]c2cccnc2n1C1CCCC2CC2CC1. The van der Waals surface area contributed by atoms with Crippen LogP contribution < -0.4 is 0 Å². The van der Waals surface area contributed by atoms with Crippen molar-refractivity contribution in [1.29, 1.82) is 0 Å². The van der Waals surface area contributed by atoms with E-state index < -0.39 is 0 Å². The zero-order valence-electron chi connectivity index (χ0n) is 11.0. The van der Waals surface area contributed by atoms with Gasteiger partial charge in [-0.05, 0) is 61.9 Å². The molecule has 0 amide bonds. The van der Waals surface area contributed by atoms with Crippen molar-refractivity contribution in [1.82, 2.24) is 14.5 Å². The molecule has 4 rings (SSSR count). The minimum Gasteiger partial charge on any atom is -0.329 e. The first-order valence-electron chi connectivity index (χ1n) is 7.38. The van der Waals surface area contributed by atoms with Gasteiger partial charge in [-0.15, -0.1) is 0 Å². The van der Waals surface area contributed by atoms with Crippen LogP contribution in [0.25, 0.3) is 11.2 Å².